The van der Waals surface area contributed by atoms with E-state index >= 15 is 0 Å². The van der Waals surface area contributed by atoms with Crippen LogP contribution in [-0.4, -0.2) is 21.7 Å². The van der Waals surface area contributed by atoms with Gasteiger partial charge in [-0.3, -0.25) is 4.79 Å². The summed E-state index contributed by atoms with van der Waals surface area (Å²) in [5.74, 6) is 0.930. The van der Waals surface area contributed by atoms with Gasteiger partial charge >= 0.3 is 0 Å². The van der Waals surface area contributed by atoms with E-state index in [2.05, 4.69) is 10.4 Å². The molecule has 1 aromatic heterocycles. The molecule has 2 fully saturated rings. The fourth-order valence-electron chi connectivity index (χ4n) is 4.73. The first kappa shape index (κ1) is 20.8. The molecule has 2 aliphatic carbocycles. The highest BCUT2D eigenvalue weighted by atomic mass is 35.5. The maximum atomic E-state index is 13.1. The van der Waals surface area contributed by atoms with Gasteiger partial charge in [0.25, 0.3) is 0 Å². The number of aryl methyl sites for hydroxylation is 1. The summed E-state index contributed by atoms with van der Waals surface area (Å²) in [5, 5.41) is 7.58. The second kappa shape index (κ2) is 8.62. The van der Waals surface area contributed by atoms with E-state index < -0.39 is 0 Å². The Hall–Kier alpha value is -1.92. The molecule has 2 unspecified atom stereocenters. The van der Waals surface area contributed by atoms with Gasteiger partial charge in [0.05, 0.1) is 11.4 Å². The fourth-order valence-corrected chi connectivity index (χ4v) is 4.73. The number of nitrogens with one attached hydrogen (secondary N) is 1. The van der Waals surface area contributed by atoms with Crippen LogP contribution in [0.5, 0.6) is 0 Å². The number of rotatable bonds is 4. The Labute approximate surface area is 171 Å². The van der Waals surface area contributed by atoms with Crippen molar-refractivity contribution < 1.29 is 9.18 Å². The zero-order valence-electron chi connectivity index (χ0n) is 16.1. The van der Waals surface area contributed by atoms with E-state index in [0.29, 0.717) is 18.4 Å². The van der Waals surface area contributed by atoms with Crippen molar-refractivity contribution in [3.63, 3.8) is 0 Å². The number of nitrogens with zero attached hydrogens (tertiary/aromatic N) is 2. The molecule has 0 radical (unpaired) electrons. The van der Waals surface area contributed by atoms with E-state index in [1.165, 1.54) is 18.6 Å². The molecule has 4 rings (SSSR count). The number of fused-ring (bicyclic) bond motifs is 2. The Balaban J connectivity index is 0.00000225. The van der Waals surface area contributed by atoms with Crippen LogP contribution in [0.25, 0.3) is 5.69 Å². The van der Waals surface area contributed by atoms with Gasteiger partial charge in [0, 0.05) is 30.3 Å². The van der Waals surface area contributed by atoms with Crippen LogP contribution in [0.2, 0.25) is 0 Å². The van der Waals surface area contributed by atoms with Gasteiger partial charge in [-0.25, -0.2) is 9.07 Å². The Morgan fingerprint density at radius 2 is 1.89 bits per heavy atom. The number of carbonyl (C=O) groups is 1. The first-order valence-corrected chi connectivity index (χ1v) is 9.85. The molecule has 0 aliphatic heterocycles. The molecule has 1 aromatic carbocycles. The molecule has 2 aromatic rings. The quantitative estimate of drug-likeness (QED) is 0.816. The highest BCUT2D eigenvalue weighted by Gasteiger charge is 2.40. The summed E-state index contributed by atoms with van der Waals surface area (Å²) in [7, 11) is 0. The topological polar surface area (TPSA) is 72.9 Å². The van der Waals surface area contributed by atoms with E-state index in [1.54, 1.807) is 16.8 Å². The summed E-state index contributed by atoms with van der Waals surface area (Å²) in [4.78, 5) is 12.7. The summed E-state index contributed by atoms with van der Waals surface area (Å²) in [5.41, 5.74) is 8.97. The average molecular weight is 407 g/mol. The first-order chi connectivity index (χ1) is 13.0. The van der Waals surface area contributed by atoms with Crippen molar-refractivity contribution in [2.24, 2.45) is 23.5 Å². The number of nitrogens with two attached hydrogens (primary N) is 1. The van der Waals surface area contributed by atoms with Gasteiger partial charge in [0.2, 0.25) is 5.91 Å². The lowest BCUT2D eigenvalue weighted by molar-refractivity contribution is -0.128. The smallest absolute Gasteiger partial charge is 0.223 e. The molecular weight excluding hydrogens is 379 g/mol. The van der Waals surface area contributed by atoms with Crippen molar-refractivity contribution in [1.29, 1.82) is 0 Å². The normalized spacial score (nSPS) is 26.4. The summed E-state index contributed by atoms with van der Waals surface area (Å²) in [6, 6.07) is 6.48. The zero-order chi connectivity index (χ0) is 19.0. The third-order valence-corrected chi connectivity index (χ3v) is 6.33. The Morgan fingerprint density at radius 1 is 1.25 bits per heavy atom. The summed E-state index contributed by atoms with van der Waals surface area (Å²) in [6.45, 7) is 2.38. The number of amides is 1. The molecule has 152 valence electrons. The predicted octanol–water partition coefficient (Wildman–Crippen LogP) is 3.51. The molecule has 5 nitrogen and oxygen atoms in total. The molecule has 2 saturated carbocycles. The summed E-state index contributed by atoms with van der Waals surface area (Å²) >= 11 is 0. The van der Waals surface area contributed by atoms with Crippen LogP contribution in [0.4, 0.5) is 4.39 Å². The first-order valence-electron chi connectivity index (χ1n) is 9.85. The van der Waals surface area contributed by atoms with Crippen LogP contribution in [0.15, 0.2) is 30.5 Å². The van der Waals surface area contributed by atoms with Gasteiger partial charge in [-0.1, -0.05) is 6.42 Å². The monoisotopic (exact) mass is 406 g/mol. The van der Waals surface area contributed by atoms with Gasteiger partial charge in [0.15, 0.2) is 0 Å². The highest BCUT2D eigenvalue weighted by Crippen LogP contribution is 2.41. The number of hydrogen-bond donors (Lipinski definition) is 2. The van der Waals surface area contributed by atoms with E-state index in [9.17, 15) is 9.18 Å². The third kappa shape index (κ3) is 4.23. The molecule has 7 heteroatoms. The van der Waals surface area contributed by atoms with Crippen molar-refractivity contribution in [1.82, 2.24) is 15.1 Å². The molecule has 0 saturated heterocycles. The van der Waals surface area contributed by atoms with E-state index in [1.807, 2.05) is 13.1 Å². The third-order valence-electron chi connectivity index (χ3n) is 6.33. The molecule has 0 spiro atoms. The van der Waals surface area contributed by atoms with Gasteiger partial charge in [-0.05, 0) is 68.7 Å². The largest absolute Gasteiger partial charge is 0.352 e. The Kier molecular flexibility index (Phi) is 6.40. The van der Waals surface area contributed by atoms with E-state index in [0.717, 1.165) is 42.6 Å². The maximum absolute atomic E-state index is 13.1. The molecule has 2 atom stereocenters. The van der Waals surface area contributed by atoms with Crippen LogP contribution in [-0.2, 0) is 11.3 Å². The van der Waals surface area contributed by atoms with E-state index in [-0.39, 0.29) is 36.1 Å². The average Bonchev–Trinajstić information content (AvgIpc) is 3.01. The van der Waals surface area contributed by atoms with Crippen molar-refractivity contribution in [3.05, 3.63) is 47.5 Å². The second-order valence-electron chi connectivity index (χ2n) is 8.08. The predicted molar refractivity (Wildman–Crippen MR) is 109 cm³/mol. The van der Waals surface area contributed by atoms with Crippen LogP contribution in [0.1, 0.15) is 43.4 Å². The van der Waals surface area contributed by atoms with Crippen molar-refractivity contribution in [3.8, 4) is 5.69 Å². The Morgan fingerprint density at radius 3 is 2.54 bits per heavy atom. The maximum Gasteiger partial charge on any atom is 0.223 e. The molecule has 1 heterocycles. The molecule has 1 amide bonds. The standard InChI is InChI=1S/C21H27FN4O.ClH/c1-13-17(12-26(25-13)19-7-5-18(22)6-8-19)11-24-21(27)16-9-14-3-2-4-15(10-16)20(14)23;/h5-8,12,14-16,20H,2-4,9-11,23H2,1H3,(H,24,27);1H. The SMILES string of the molecule is Cc1nn(-c2ccc(F)cc2)cc1CNC(=O)C1CC2CCCC(C1)C2N.Cl. The van der Waals surface area contributed by atoms with Crippen molar-refractivity contribution in [2.75, 3.05) is 0 Å². The van der Waals surface area contributed by atoms with Crippen LogP contribution >= 0.6 is 12.4 Å². The minimum absolute atomic E-state index is 0. The van der Waals surface area contributed by atoms with Gasteiger partial charge in [0.1, 0.15) is 5.82 Å². The highest BCUT2D eigenvalue weighted by molar-refractivity contribution is 5.85. The van der Waals surface area contributed by atoms with Crippen molar-refractivity contribution >= 4 is 18.3 Å². The fraction of sp³-hybridized carbons (Fsp3) is 0.524. The lowest BCUT2D eigenvalue weighted by atomic mass is 9.65. The summed E-state index contributed by atoms with van der Waals surface area (Å²) in [6.07, 6.45) is 7.29. The van der Waals surface area contributed by atoms with Crippen LogP contribution in [0.3, 0.4) is 0 Å². The van der Waals surface area contributed by atoms with Crippen LogP contribution < -0.4 is 11.1 Å². The lowest BCUT2D eigenvalue weighted by Gasteiger charge is -2.43. The number of aromatic nitrogens is 2. The van der Waals surface area contributed by atoms with Crippen LogP contribution in [0, 0.1) is 30.5 Å². The molecule has 28 heavy (non-hydrogen) atoms. The lowest BCUT2D eigenvalue weighted by Crippen LogP contribution is -2.49. The number of hydrogen-bond acceptors (Lipinski definition) is 3. The molecule has 2 aliphatic rings. The molecular formula is C21H28ClFN4O. The van der Waals surface area contributed by atoms with Crippen molar-refractivity contribution in [2.45, 2.75) is 51.6 Å². The molecule has 3 N–H and O–H groups in total. The zero-order valence-corrected chi connectivity index (χ0v) is 16.9. The minimum atomic E-state index is -0.271. The minimum Gasteiger partial charge on any atom is -0.352 e. The number of benzene rings is 1. The van der Waals surface area contributed by atoms with Gasteiger partial charge in [-0.15, -0.1) is 12.4 Å². The van der Waals surface area contributed by atoms with E-state index in [4.69, 9.17) is 5.73 Å². The summed E-state index contributed by atoms with van der Waals surface area (Å²) < 4.78 is 14.8. The van der Waals surface area contributed by atoms with Gasteiger partial charge < -0.3 is 11.1 Å². The number of carbonyl (C=O) groups excluding carboxylic acids is 1. The molecule has 2 bridgehead atoms. The van der Waals surface area contributed by atoms with Gasteiger partial charge in [-0.2, -0.15) is 5.10 Å². The number of halogens is 2. The Bertz CT molecular complexity index is 808. The second-order valence-corrected chi connectivity index (χ2v) is 8.08.